The van der Waals surface area contributed by atoms with Gasteiger partial charge < -0.3 is 0 Å². The molecule has 0 aromatic heterocycles. The molecule has 0 atom stereocenters. The van der Waals surface area contributed by atoms with Gasteiger partial charge in [-0.25, -0.2) is 0 Å². The van der Waals surface area contributed by atoms with Gasteiger partial charge in [0.25, 0.3) is 0 Å². The Hall–Kier alpha value is 0.679. The van der Waals surface area contributed by atoms with Gasteiger partial charge in [0, 0.05) is 0 Å². The number of hydrogen-bond acceptors (Lipinski definition) is 3. The molecule has 0 spiro atoms. The van der Waals surface area contributed by atoms with Gasteiger partial charge in [-0.1, -0.05) is 0 Å². The SMILES string of the molecule is NC[CH2][Sn]([CH2]CN)[CH2]CN. The molecule has 3 nitrogen and oxygen atoms in total. The summed E-state index contributed by atoms with van der Waals surface area (Å²) in [6.45, 7) is 2.53. The molecule has 0 heterocycles. The summed E-state index contributed by atoms with van der Waals surface area (Å²) in [5.41, 5.74) is 16.4. The molecular weight excluding hydrogens is 233 g/mol. The Balaban J connectivity index is 3.30. The Kier molecular flexibility index (Phi) is 8.31. The first-order valence-electron chi connectivity index (χ1n) is 3.79. The Labute approximate surface area is 70.1 Å². The topological polar surface area (TPSA) is 78.1 Å². The fourth-order valence-electron chi connectivity index (χ4n) is 0.987. The van der Waals surface area contributed by atoms with Gasteiger partial charge in [-0.15, -0.1) is 0 Å². The van der Waals surface area contributed by atoms with Crippen molar-refractivity contribution in [3.63, 3.8) is 0 Å². The molecule has 0 aromatic rings. The van der Waals surface area contributed by atoms with Crippen LogP contribution >= 0.6 is 0 Å². The minimum atomic E-state index is -1.13. The molecule has 10 heavy (non-hydrogen) atoms. The van der Waals surface area contributed by atoms with Crippen molar-refractivity contribution in [3.05, 3.63) is 0 Å². The van der Waals surface area contributed by atoms with Crippen LogP contribution in [0.5, 0.6) is 0 Å². The minimum absolute atomic E-state index is 0.842. The van der Waals surface area contributed by atoms with E-state index in [1.807, 2.05) is 0 Å². The van der Waals surface area contributed by atoms with Crippen molar-refractivity contribution in [2.75, 3.05) is 19.6 Å². The van der Waals surface area contributed by atoms with Crippen LogP contribution in [-0.4, -0.2) is 39.4 Å². The fourth-order valence-corrected chi connectivity index (χ4v) is 6.62. The van der Waals surface area contributed by atoms with Crippen LogP contribution in [0.2, 0.25) is 13.3 Å². The predicted molar refractivity (Wildman–Crippen MR) is 47.3 cm³/mol. The van der Waals surface area contributed by atoms with E-state index in [-0.39, 0.29) is 0 Å². The van der Waals surface area contributed by atoms with E-state index in [2.05, 4.69) is 0 Å². The molecule has 4 heteroatoms. The monoisotopic (exact) mass is 252 g/mol. The first-order chi connectivity index (χ1) is 4.85. The van der Waals surface area contributed by atoms with Crippen LogP contribution in [0.4, 0.5) is 0 Å². The zero-order valence-corrected chi connectivity index (χ0v) is 9.33. The summed E-state index contributed by atoms with van der Waals surface area (Å²) in [6, 6.07) is 0. The third-order valence-electron chi connectivity index (χ3n) is 1.49. The maximum atomic E-state index is 5.46. The second-order valence-corrected chi connectivity index (χ2v) is 10.9. The van der Waals surface area contributed by atoms with Crippen molar-refractivity contribution in [2.45, 2.75) is 13.3 Å². The molecule has 0 rings (SSSR count). The van der Waals surface area contributed by atoms with E-state index in [0.717, 1.165) is 19.6 Å². The molecule has 0 bridgehead atoms. The van der Waals surface area contributed by atoms with Crippen LogP contribution in [0, 0.1) is 0 Å². The van der Waals surface area contributed by atoms with Crippen molar-refractivity contribution < 1.29 is 0 Å². The molecular formula is C6H18N3Sn. The molecule has 1 radical (unpaired) electrons. The number of nitrogens with two attached hydrogens (primary N) is 3. The van der Waals surface area contributed by atoms with Crippen LogP contribution in [0.3, 0.4) is 0 Å². The van der Waals surface area contributed by atoms with E-state index >= 15 is 0 Å². The van der Waals surface area contributed by atoms with Gasteiger partial charge in [-0.05, 0) is 0 Å². The summed E-state index contributed by atoms with van der Waals surface area (Å²) in [5, 5.41) is 0. The molecule has 0 aliphatic carbocycles. The Morgan fingerprint density at radius 3 is 1.20 bits per heavy atom. The van der Waals surface area contributed by atoms with Crippen LogP contribution in [0.15, 0.2) is 0 Å². The van der Waals surface area contributed by atoms with Gasteiger partial charge in [0.15, 0.2) is 0 Å². The summed E-state index contributed by atoms with van der Waals surface area (Å²) in [4.78, 5) is 0. The summed E-state index contributed by atoms with van der Waals surface area (Å²) in [6.07, 6.45) is 0. The Bertz CT molecular complexity index is 55.7. The molecule has 0 unspecified atom stereocenters. The van der Waals surface area contributed by atoms with Gasteiger partial charge in [-0.3, -0.25) is 0 Å². The van der Waals surface area contributed by atoms with Crippen molar-refractivity contribution in [3.8, 4) is 0 Å². The Morgan fingerprint density at radius 2 is 1.00 bits per heavy atom. The third kappa shape index (κ3) is 5.46. The van der Waals surface area contributed by atoms with E-state index in [1.165, 1.54) is 13.3 Å². The van der Waals surface area contributed by atoms with Crippen molar-refractivity contribution in [1.82, 2.24) is 0 Å². The van der Waals surface area contributed by atoms with Gasteiger partial charge in [0.2, 0.25) is 0 Å². The molecule has 61 valence electrons. The predicted octanol–water partition coefficient (Wildman–Crippen LogP) is -0.643. The second kappa shape index (κ2) is 7.78. The first-order valence-corrected chi connectivity index (χ1v) is 9.84. The van der Waals surface area contributed by atoms with E-state index in [1.54, 1.807) is 0 Å². The van der Waals surface area contributed by atoms with E-state index in [4.69, 9.17) is 17.2 Å². The van der Waals surface area contributed by atoms with Crippen LogP contribution in [0.1, 0.15) is 0 Å². The molecule has 0 saturated carbocycles. The average Bonchev–Trinajstić information content (AvgIpc) is 1.90. The quantitative estimate of drug-likeness (QED) is 0.549. The van der Waals surface area contributed by atoms with Gasteiger partial charge in [-0.2, -0.15) is 0 Å². The molecule has 0 saturated heterocycles. The summed E-state index contributed by atoms with van der Waals surface area (Å²) in [5.74, 6) is 0. The molecule has 0 aliphatic heterocycles. The standard InChI is InChI=1S/3C2H6N.Sn/c3*1-2-3;/h3*1-3H2;. The average molecular weight is 251 g/mol. The van der Waals surface area contributed by atoms with Crippen molar-refractivity contribution >= 4 is 19.8 Å². The van der Waals surface area contributed by atoms with Gasteiger partial charge in [0.1, 0.15) is 0 Å². The molecule has 0 aliphatic rings. The zero-order valence-electron chi connectivity index (χ0n) is 6.47. The molecule has 0 aromatic carbocycles. The van der Waals surface area contributed by atoms with Crippen LogP contribution < -0.4 is 17.2 Å². The summed E-state index contributed by atoms with van der Waals surface area (Å²) in [7, 11) is 0. The van der Waals surface area contributed by atoms with Crippen molar-refractivity contribution in [2.24, 2.45) is 17.2 Å². The second-order valence-electron chi connectivity index (χ2n) is 2.37. The van der Waals surface area contributed by atoms with Crippen molar-refractivity contribution in [1.29, 1.82) is 0 Å². The number of hydrogen-bond donors (Lipinski definition) is 3. The molecule has 6 N–H and O–H groups in total. The number of rotatable bonds is 6. The van der Waals surface area contributed by atoms with E-state index < -0.39 is 19.8 Å². The normalized spacial score (nSPS) is 10.8. The summed E-state index contributed by atoms with van der Waals surface area (Å²) < 4.78 is 3.78. The molecule has 0 fully saturated rings. The molecule has 0 amide bonds. The van der Waals surface area contributed by atoms with E-state index in [0.29, 0.717) is 0 Å². The van der Waals surface area contributed by atoms with Gasteiger partial charge in [0.05, 0.1) is 0 Å². The Morgan fingerprint density at radius 1 is 0.700 bits per heavy atom. The fraction of sp³-hybridized carbons (Fsp3) is 1.00. The van der Waals surface area contributed by atoms with Crippen LogP contribution in [-0.2, 0) is 0 Å². The third-order valence-corrected chi connectivity index (χ3v) is 10.0. The van der Waals surface area contributed by atoms with Gasteiger partial charge >= 0.3 is 69.9 Å². The summed E-state index contributed by atoms with van der Waals surface area (Å²) >= 11 is -1.13. The van der Waals surface area contributed by atoms with Crippen LogP contribution in [0.25, 0.3) is 0 Å². The zero-order chi connectivity index (χ0) is 7.82. The van der Waals surface area contributed by atoms with E-state index in [9.17, 15) is 0 Å². The maximum absolute atomic E-state index is 5.46. The first kappa shape index (κ1) is 10.7.